The first kappa shape index (κ1) is 11.7. The van der Waals surface area contributed by atoms with Crippen molar-refractivity contribution in [3.8, 4) is 0 Å². The Labute approximate surface area is 76.4 Å². The van der Waals surface area contributed by atoms with Crippen LogP contribution in [-0.2, 0) is 0 Å². The third kappa shape index (κ3) is 6.38. The van der Waals surface area contributed by atoms with Gasteiger partial charge in [0.25, 0.3) is 0 Å². The molecule has 72 valence electrons. The molecule has 0 spiro atoms. The van der Waals surface area contributed by atoms with E-state index in [1.165, 1.54) is 6.54 Å². The largest absolute Gasteiger partial charge is 0.330 e. The van der Waals surface area contributed by atoms with E-state index < -0.39 is 0 Å². The maximum atomic E-state index is 5.45. The Kier molecular flexibility index (Phi) is 8.51. The highest BCUT2D eigenvalue weighted by atomic mass is 15.1. The number of hydrogen-bond donors (Lipinski definition) is 1. The lowest BCUT2D eigenvalue weighted by atomic mass is 10.3. The van der Waals surface area contributed by atoms with E-state index in [-0.39, 0.29) is 0 Å². The van der Waals surface area contributed by atoms with Gasteiger partial charge in [-0.3, -0.25) is 0 Å². The summed E-state index contributed by atoms with van der Waals surface area (Å²) in [6.07, 6.45) is 6.60. The van der Waals surface area contributed by atoms with Crippen LogP contribution in [0.1, 0.15) is 26.7 Å². The van der Waals surface area contributed by atoms with Crippen LogP contribution in [0.2, 0.25) is 0 Å². The average molecular weight is 170 g/mol. The van der Waals surface area contributed by atoms with E-state index in [0.29, 0.717) is 0 Å². The second-order valence-corrected chi connectivity index (χ2v) is 2.93. The van der Waals surface area contributed by atoms with Crippen LogP contribution in [-0.4, -0.2) is 31.1 Å². The van der Waals surface area contributed by atoms with Crippen LogP contribution < -0.4 is 5.73 Å². The molecule has 2 N–H and O–H groups in total. The van der Waals surface area contributed by atoms with Crippen molar-refractivity contribution in [1.29, 1.82) is 0 Å². The lowest BCUT2D eigenvalue weighted by molar-refractivity contribution is 0.291. The van der Waals surface area contributed by atoms with Crippen LogP contribution in [0.4, 0.5) is 0 Å². The molecule has 0 rings (SSSR count). The van der Waals surface area contributed by atoms with E-state index in [9.17, 15) is 0 Å². The summed E-state index contributed by atoms with van der Waals surface area (Å²) < 4.78 is 0. The van der Waals surface area contributed by atoms with Crippen LogP contribution >= 0.6 is 0 Å². The van der Waals surface area contributed by atoms with Crippen molar-refractivity contribution in [1.82, 2.24) is 4.90 Å². The smallest absolute Gasteiger partial charge is 0.00158 e. The van der Waals surface area contributed by atoms with Crippen molar-refractivity contribution in [3.63, 3.8) is 0 Å². The van der Waals surface area contributed by atoms with Crippen LogP contribution in [0.5, 0.6) is 0 Å². The van der Waals surface area contributed by atoms with Gasteiger partial charge in [-0.2, -0.15) is 0 Å². The molecule has 0 aliphatic carbocycles. The molecular formula is C10H22N2. The molecule has 0 aromatic heterocycles. The number of rotatable bonds is 7. The fourth-order valence-electron chi connectivity index (χ4n) is 1.17. The molecule has 0 radical (unpaired) electrons. The minimum Gasteiger partial charge on any atom is -0.330 e. The molecule has 0 bridgehead atoms. The Morgan fingerprint density at radius 1 is 1.33 bits per heavy atom. The van der Waals surface area contributed by atoms with Crippen LogP contribution in [0.15, 0.2) is 12.2 Å². The van der Waals surface area contributed by atoms with Gasteiger partial charge in [-0.25, -0.2) is 0 Å². The molecule has 0 aromatic carbocycles. The van der Waals surface area contributed by atoms with Gasteiger partial charge in [0.2, 0.25) is 0 Å². The molecule has 0 heterocycles. The Bertz CT molecular complexity index is 110. The fraction of sp³-hybridized carbons (Fsp3) is 0.800. The molecule has 2 heteroatoms. The van der Waals surface area contributed by atoms with Crippen molar-refractivity contribution in [2.75, 3.05) is 26.2 Å². The van der Waals surface area contributed by atoms with Crippen LogP contribution in [0.3, 0.4) is 0 Å². The maximum Gasteiger partial charge on any atom is 0.00158 e. The summed E-state index contributed by atoms with van der Waals surface area (Å²) >= 11 is 0. The zero-order chi connectivity index (χ0) is 9.23. The summed E-state index contributed by atoms with van der Waals surface area (Å²) in [6, 6.07) is 0. The van der Waals surface area contributed by atoms with E-state index in [1.807, 2.05) is 0 Å². The van der Waals surface area contributed by atoms with Gasteiger partial charge in [0.05, 0.1) is 0 Å². The summed E-state index contributed by atoms with van der Waals surface area (Å²) in [7, 11) is 0. The number of allylic oxidation sites excluding steroid dienone is 1. The Morgan fingerprint density at radius 3 is 2.58 bits per heavy atom. The van der Waals surface area contributed by atoms with Gasteiger partial charge in [0.1, 0.15) is 0 Å². The highest BCUT2D eigenvalue weighted by Gasteiger charge is 1.98. The molecule has 0 aliphatic heterocycles. The minimum absolute atomic E-state index is 0.806. The van der Waals surface area contributed by atoms with E-state index in [0.717, 1.165) is 32.5 Å². The standard InChI is InChI=1S/C10H22N2/c1-3-5-6-9-12(4-2)10-7-8-11/h3,5H,4,6-11H2,1-2H3/b5-3-. The molecule has 0 unspecified atom stereocenters. The zero-order valence-electron chi connectivity index (χ0n) is 8.42. The van der Waals surface area contributed by atoms with E-state index in [2.05, 4.69) is 30.9 Å². The second kappa shape index (κ2) is 8.75. The highest BCUT2D eigenvalue weighted by molar-refractivity contribution is 4.78. The number of nitrogens with two attached hydrogens (primary N) is 1. The lowest BCUT2D eigenvalue weighted by Gasteiger charge is -2.18. The van der Waals surface area contributed by atoms with Crippen LogP contribution in [0.25, 0.3) is 0 Å². The molecule has 0 aliphatic rings. The van der Waals surface area contributed by atoms with Crippen molar-refractivity contribution < 1.29 is 0 Å². The van der Waals surface area contributed by atoms with E-state index >= 15 is 0 Å². The van der Waals surface area contributed by atoms with Crippen molar-refractivity contribution in [3.05, 3.63) is 12.2 Å². The number of hydrogen-bond acceptors (Lipinski definition) is 2. The normalized spacial score (nSPS) is 11.7. The summed E-state index contributed by atoms with van der Waals surface area (Å²) in [5.41, 5.74) is 5.45. The Morgan fingerprint density at radius 2 is 2.08 bits per heavy atom. The summed E-state index contributed by atoms with van der Waals surface area (Å²) in [6.45, 7) is 8.52. The topological polar surface area (TPSA) is 29.3 Å². The van der Waals surface area contributed by atoms with Gasteiger partial charge in [-0.1, -0.05) is 19.1 Å². The molecule has 0 saturated carbocycles. The van der Waals surface area contributed by atoms with E-state index in [1.54, 1.807) is 0 Å². The van der Waals surface area contributed by atoms with Gasteiger partial charge in [-0.15, -0.1) is 0 Å². The first-order chi connectivity index (χ1) is 5.85. The molecule has 12 heavy (non-hydrogen) atoms. The van der Waals surface area contributed by atoms with Crippen LogP contribution in [0, 0.1) is 0 Å². The fourth-order valence-corrected chi connectivity index (χ4v) is 1.17. The summed E-state index contributed by atoms with van der Waals surface area (Å²) in [5, 5.41) is 0. The monoisotopic (exact) mass is 170 g/mol. The molecule has 0 saturated heterocycles. The molecule has 0 amide bonds. The molecule has 2 nitrogen and oxygen atoms in total. The first-order valence-corrected chi connectivity index (χ1v) is 4.88. The zero-order valence-corrected chi connectivity index (χ0v) is 8.42. The third-order valence-electron chi connectivity index (χ3n) is 1.97. The van der Waals surface area contributed by atoms with Crippen molar-refractivity contribution in [2.45, 2.75) is 26.7 Å². The van der Waals surface area contributed by atoms with Gasteiger partial charge in [0.15, 0.2) is 0 Å². The predicted molar refractivity (Wildman–Crippen MR) is 55.2 cm³/mol. The predicted octanol–water partition coefficient (Wildman–Crippen LogP) is 1.62. The Hall–Kier alpha value is -0.340. The summed E-state index contributed by atoms with van der Waals surface area (Å²) in [5.74, 6) is 0. The first-order valence-electron chi connectivity index (χ1n) is 4.88. The van der Waals surface area contributed by atoms with E-state index in [4.69, 9.17) is 5.73 Å². The molecular weight excluding hydrogens is 148 g/mol. The number of nitrogens with zero attached hydrogens (tertiary/aromatic N) is 1. The van der Waals surface area contributed by atoms with Gasteiger partial charge >= 0.3 is 0 Å². The maximum absolute atomic E-state index is 5.45. The average Bonchev–Trinajstić information content (AvgIpc) is 2.11. The van der Waals surface area contributed by atoms with Crippen molar-refractivity contribution in [2.24, 2.45) is 5.73 Å². The Balaban J connectivity index is 3.39. The molecule has 0 atom stereocenters. The quantitative estimate of drug-likeness (QED) is 0.588. The second-order valence-electron chi connectivity index (χ2n) is 2.93. The third-order valence-corrected chi connectivity index (χ3v) is 1.97. The minimum atomic E-state index is 0.806. The SMILES string of the molecule is C/C=C\CCN(CC)CCCN. The van der Waals surface area contributed by atoms with Gasteiger partial charge in [-0.05, 0) is 39.4 Å². The summed E-state index contributed by atoms with van der Waals surface area (Å²) in [4.78, 5) is 2.44. The van der Waals surface area contributed by atoms with Gasteiger partial charge < -0.3 is 10.6 Å². The molecule has 0 aromatic rings. The van der Waals surface area contributed by atoms with Crippen molar-refractivity contribution >= 4 is 0 Å². The van der Waals surface area contributed by atoms with Gasteiger partial charge in [0, 0.05) is 6.54 Å². The highest BCUT2D eigenvalue weighted by Crippen LogP contribution is 1.93. The lowest BCUT2D eigenvalue weighted by Crippen LogP contribution is -2.26. The molecule has 0 fully saturated rings.